The van der Waals surface area contributed by atoms with Gasteiger partial charge in [-0.25, -0.2) is 13.8 Å². The highest BCUT2D eigenvalue weighted by Gasteiger charge is 2.17. The average Bonchev–Trinajstić information content (AvgIpc) is 2.85. The van der Waals surface area contributed by atoms with Crippen molar-refractivity contribution in [3.63, 3.8) is 0 Å². The number of carbonyl (C=O) groups is 1. The number of amides is 1. The van der Waals surface area contributed by atoms with Crippen LogP contribution in [0, 0.1) is 11.6 Å². The van der Waals surface area contributed by atoms with Gasteiger partial charge in [0.15, 0.2) is 0 Å². The molecule has 0 saturated carbocycles. The quantitative estimate of drug-likeness (QED) is 0.839. The Balaban J connectivity index is 2.21. The van der Waals surface area contributed by atoms with E-state index in [9.17, 15) is 13.6 Å². The Labute approximate surface area is 121 Å². The average molecular weight is 345 g/mol. The number of hydrogen-bond donors (Lipinski definition) is 2. The molecule has 0 unspecified atom stereocenters. The number of halogens is 3. The van der Waals surface area contributed by atoms with Crippen molar-refractivity contribution >= 4 is 27.5 Å². The molecule has 2 N–H and O–H groups in total. The predicted molar refractivity (Wildman–Crippen MR) is 72.5 cm³/mol. The van der Waals surface area contributed by atoms with Gasteiger partial charge in [0.25, 0.3) is 5.91 Å². The van der Waals surface area contributed by atoms with Gasteiger partial charge in [-0.05, 0) is 22.0 Å². The topological polar surface area (TPSA) is 70.7 Å². The van der Waals surface area contributed by atoms with E-state index in [1.165, 1.54) is 0 Å². The minimum Gasteiger partial charge on any atom is -0.317 e. The zero-order valence-electron chi connectivity index (χ0n) is 10.7. The number of nitrogens with one attached hydrogen (secondary N) is 2. The number of rotatable bonds is 3. The number of H-pyrrole nitrogens is 1. The summed E-state index contributed by atoms with van der Waals surface area (Å²) in [6, 6.07) is 1.82. The maximum atomic E-state index is 13.6. The Morgan fingerprint density at radius 1 is 1.35 bits per heavy atom. The smallest absolute Gasteiger partial charge is 0.295 e. The van der Waals surface area contributed by atoms with Gasteiger partial charge in [-0.2, -0.15) is 0 Å². The Hall–Kier alpha value is -1.83. The number of aromatic amines is 1. The lowest BCUT2D eigenvalue weighted by Crippen LogP contribution is -2.15. The number of nitrogens with zero attached hydrogens (tertiary/aromatic N) is 2. The van der Waals surface area contributed by atoms with Crippen LogP contribution in [-0.2, 0) is 0 Å². The summed E-state index contributed by atoms with van der Waals surface area (Å²) in [5, 5.41) is 8.57. The molecule has 2 aromatic rings. The van der Waals surface area contributed by atoms with Gasteiger partial charge in [-0.15, -0.1) is 5.10 Å². The van der Waals surface area contributed by atoms with Crippen LogP contribution in [0.1, 0.15) is 36.2 Å². The molecule has 1 amide bonds. The van der Waals surface area contributed by atoms with Gasteiger partial charge in [0.05, 0.1) is 10.2 Å². The highest BCUT2D eigenvalue weighted by atomic mass is 79.9. The molecule has 0 fully saturated rings. The molecule has 2 rings (SSSR count). The van der Waals surface area contributed by atoms with E-state index < -0.39 is 17.5 Å². The maximum Gasteiger partial charge on any atom is 0.295 e. The van der Waals surface area contributed by atoms with Crippen molar-refractivity contribution in [3.05, 3.63) is 39.9 Å². The number of hydrogen-bond acceptors (Lipinski definition) is 3. The van der Waals surface area contributed by atoms with E-state index in [1.54, 1.807) is 0 Å². The Morgan fingerprint density at radius 2 is 2.05 bits per heavy atom. The fourth-order valence-corrected chi connectivity index (χ4v) is 1.75. The molecule has 0 saturated heterocycles. The minimum absolute atomic E-state index is 0.0204. The van der Waals surface area contributed by atoms with Crippen molar-refractivity contribution in [1.82, 2.24) is 15.2 Å². The molecule has 0 spiro atoms. The Morgan fingerprint density at radius 3 is 2.65 bits per heavy atom. The molecule has 1 aromatic carbocycles. The first-order valence-electron chi connectivity index (χ1n) is 5.76. The molecule has 0 aliphatic rings. The summed E-state index contributed by atoms with van der Waals surface area (Å²) in [7, 11) is 0. The highest BCUT2D eigenvalue weighted by molar-refractivity contribution is 9.10. The Kier molecular flexibility index (Phi) is 4.12. The maximum absolute atomic E-state index is 13.6. The molecule has 106 valence electrons. The molecular weight excluding hydrogens is 334 g/mol. The highest BCUT2D eigenvalue weighted by Crippen LogP contribution is 2.23. The van der Waals surface area contributed by atoms with E-state index in [0.29, 0.717) is 5.82 Å². The van der Waals surface area contributed by atoms with Crippen LogP contribution in [0.15, 0.2) is 16.6 Å². The van der Waals surface area contributed by atoms with Crippen molar-refractivity contribution in [2.75, 3.05) is 5.32 Å². The van der Waals surface area contributed by atoms with Crippen LogP contribution in [0.2, 0.25) is 0 Å². The molecule has 0 atom stereocenters. The molecule has 1 aromatic heterocycles. The van der Waals surface area contributed by atoms with E-state index in [4.69, 9.17) is 0 Å². The summed E-state index contributed by atoms with van der Waals surface area (Å²) in [6.07, 6.45) is 0. The van der Waals surface area contributed by atoms with Crippen LogP contribution in [0.25, 0.3) is 0 Å². The second kappa shape index (κ2) is 5.66. The molecule has 0 aliphatic carbocycles. The largest absolute Gasteiger partial charge is 0.317 e. The van der Waals surface area contributed by atoms with Crippen LogP contribution in [-0.4, -0.2) is 21.1 Å². The minimum atomic E-state index is -0.758. The standard InChI is InChI=1S/C12H11BrF2N4O/c1-5(2)10-17-11(19-18-10)12(20)16-9-4-7(14)6(13)3-8(9)15/h3-5H,1-2H3,(H,16,20)(H,17,18,19). The zero-order chi connectivity index (χ0) is 14.9. The fourth-order valence-electron chi connectivity index (χ4n) is 1.43. The summed E-state index contributed by atoms with van der Waals surface area (Å²) in [5.41, 5.74) is -0.272. The summed E-state index contributed by atoms with van der Waals surface area (Å²) in [5.74, 6) is -1.67. The van der Waals surface area contributed by atoms with E-state index in [0.717, 1.165) is 12.1 Å². The number of aromatic nitrogens is 3. The molecule has 0 bridgehead atoms. The van der Waals surface area contributed by atoms with Gasteiger partial charge in [0.2, 0.25) is 5.82 Å². The second-order valence-corrected chi connectivity index (χ2v) is 5.25. The lowest BCUT2D eigenvalue weighted by molar-refractivity contribution is 0.101. The van der Waals surface area contributed by atoms with Crippen LogP contribution in [0.3, 0.4) is 0 Å². The van der Waals surface area contributed by atoms with Crippen LogP contribution >= 0.6 is 15.9 Å². The zero-order valence-corrected chi connectivity index (χ0v) is 12.3. The first-order valence-corrected chi connectivity index (χ1v) is 6.56. The number of anilines is 1. The van der Waals surface area contributed by atoms with Gasteiger partial charge in [0, 0.05) is 12.0 Å². The third-order valence-electron chi connectivity index (χ3n) is 2.51. The van der Waals surface area contributed by atoms with Crippen LogP contribution in [0.4, 0.5) is 14.5 Å². The molecule has 0 radical (unpaired) electrons. The van der Waals surface area contributed by atoms with E-state index in [1.807, 2.05) is 13.8 Å². The van der Waals surface area contributed by atoms with Gasteiger partial charge in [0.1, 0.15) is 17.5 Å². The van der Waals surface area contributed by atoms with E-state index in [2.05, 4.69) is 36.4 Å². The van der Waals surface area contributed by atoms with Crippen LogP contribution in [0.5, 0.6) is 0 Å². The van der Waals surface area contributed by atoms with Crippen molar-refractivity contribution in [2.45, 2.75) is 19.8 Å². The predicted octanol–water partition coefficient (Wildman–Crippen LogP) is 3.22. The lowest BCUT2D eigenvalue weighted by atomic mass is 10.2. The number of carbonyl (C=O) groups excluding carboxylic acids is 1. The lowest BCUT2D eigenvalue weighted by Gasteiger charge is -2.05. The molecule has 0 aliphatic heterocycles. The summed E-state index contributed by atoms with van der Waals surface area (Å²) >= 11 is 2.85. The van der Waals surface area contributed by atoms with Crippen molar-refractivity contribution in [1.29, 1.82) is 0 Å². The monoisotopic (exact) mass is 344 g/mol. The third-order valence-corrected chi connectivity index (χ3v) is 3.12. The molecule has 8 heteroatoms. The first-order chi connectivity index (χ1) is 9.38. The molecular formula is C12H11BrF2N4O. The summed E-state index contributed by atoms with van der Waals surface area (Å²) in [4.78, 5) is 15.8. The Bertz CT molecular complexity index is 657. The van der Waals surface area contributed by atoms with Gasteiger partial charge >= 0.3 is 0 Å². The first kappa shape index (κ1) is 14.6. The fraction of sp³-hybridized carbons (Fsp3) is 0.250. The normalized spacial score (nSPS) is 10.9. The van der Waals surface area contributed by atoms with Gasteiger partial charge in [-0.3, -0.25) is 9.89 Å². The molecule has 20 heavy (non-hydrogen) atoms. The second-order valence-electron chi connectivity index (χ2n) is 4.40. The van der Waals surface area contributed by atoms with E-state index in [-0.39, 0.29) is 21.9 Å². The third kappa shape index (κ3) is 3.01. The van der Waals surface area contributed by atoms with Gasteiger partial charge in [-0.1, -0.05) is 13.8 Å². The van der Waals surface area contributed by atoms with Crippen molar-refractivity contribution in [3.8, 4) is 0 Å². The van der Waals surface area contributed by atoms with E-state index >= 15 is 0 Å². The molecule has 1 heterocycles. The van der Waals surface area contributed by atoms with Crippen LogP contribution < -0.4 is 5.32 Å². The SMILES string of the molecule is CC(C)c1nc(C(=O)Nc2cc(F)c(Br)cc2F)n[nH]1. The number of benzene rings is 1. The van der Waals surface area contributed by atoms with Crippen molar-refractivity contribution < 1.29 is 13.6 Å². The molecule has 5 nitrogen and oxygen atoms in total. The van der Waals surface area contributed by atoms with Gasteiger partial charge < -0.3 is 5.32 Å². The summed E-state index contributed by atoms with van der Waals surface area (Å²) in [6.45, 7) is 3.76. The summed E-state index contributed by atoms with van der Waals surface area (Å²) < 4.78 is 26.9. The van der Waals surface area contributed by atoms with Crippen molar-refractivity contribution in [2.24, 2.45) is 0 Å².